The van der Waals surface area contributed by atoms with Gasteiger partial charge in [0.2, 0.25) is 5.76 Å². The van der Waals surface area contributed by atoms with Crippen molar-refractivity contribution in [3.63, 3.8) is 0 Å². The molecule has 0 aliphatic heterocycles. The Morgan fingerprint density at radius 2 is 2.42 bits per heavy atom. The lowest BCUT2D eigenvalue weighted by Gasteiger charge is -1.94. The number of carboxylic acids is 1. The van der Waals surface area contributed by atoms with E-state index >= 15 is 0 Å². The third-order valence-corrected chi connectivity index (χ3v) is 1.24. The molecule has 1 aromatic heterocycles. The number of rotatable bonds is 3. The fourth-order valence-corrected chi connectivity index (χ4v) is 0.792. The number of carboxylic acid groups (broad SMARTS) is 1. The van der Waals surface area contributed by atoms with Crippen molar-refractivity contribution in [1.29, 1.82) is 0 Å². The van der Waals surface area contributed by atoms with Gasteiger partial charge in [-0.1, -0.05) is 0 Å². The number of hydrogen-bond acceptors (Lipinski definition) is 3. The van der Waals surface area contributed by atoms with Crippen molar-refractivity contribution < 1.29 is 19.1 Å². The quantitative estimate of drug-likeness (QED) is 0.790. The molecule has 0 fully saturated rings. The molecule has 12 heavy (non-hydrogen) atoms. The van der Waals surface area contributed by atoms with Crippen LogP contribution in [-0.4, -0.2) is 18.2 Å². The Bertz CT molecular complexity index is 256. The van der Waals surface area contributed by atoms with E-state index in [1.807, 2.05) is 0 Å². The smallest absolute Gasteiger partial charge is 0.372 e. The lowest BCUT2D eigenvalue weighted by atomic mass is 10.3. The minimum Gasteiger partial charge on any atom is -0.475 e. The first-order chi connectivity index (χ1) is 5.25. The van der Waals surface area contributed by atoms with Crippen LogP contribution >= 0.6 is 12.4 Å². The molecule has 5 heteroatoms. The lowest BCUT2D eigenvalue weighted by molar-refractivity contribution is 0.0655. The number of methoxy groups -OCH3 is 1. The molecule has 0 saturated carbocycles. The van der Waals surface area contributed by atoms with Crippen molar-refractivity contribution in [2.75, 3.05) is 7.11 Å². The molecule has 1 rings (SSSR count). The molecule has 4 nitrogen and oxygen atoms in total. The van der Waals surface area contributed by atoms with Gasteiger partial charge in [-0.2, -0.15) is 0 Å². The predicted molar refractivity (Wildman–Crippen MR) is 43.6 cm³/mol. The van der Waals surface area contributed by atoms with Crippen LogP contribution in [0.3, 0.4) is 0 Å². The van der Waals surface area contributed by atoms with E-state index in [2.05, 4.69) is 0 Å². The van der Waals surface area contributed by atoms with E-state index in [0.29, 0.717) is 5.56 Å². The molecule has 0 bridgehead atoms. The zero-order chi connectivity index (χ0) is 8.27. The number of hydrogen-bond donors (Lipinski definition) is 1. The summed E-state index contributed by atoms with van der Waals surface area (Å²) in [6.07, 6.45) is 1.33. The topological polar surface area (TPSA) is 59.7 Å². The summed E-state index contributed by atoms with van der Waals surface area (Å²) in [7, 11) is 1.50. The summed E-state index contributed by atoms with van der Waals surface area (Å²) >= 11 is 0. The van der Waals surface area contributed by atoms with E-state index in [1.54, 1.807) is 6.07 Å². The largest absolute Gasteiger partial charge is 0.475 e. The summed E-state index contributed by atoms with van der Waals surface area (Å²) in [5.74, 6) is -1.12. The average Bonchev–Trinajstić information content (AvgIpc) is 2.36. The molecular formula is C7H9ClO4. The number of carbonyl (C=O) groups is 1. The van der Waals surface area contributed by atoms with Gasteiger partial charge in [0.05, 0.1) is 12.9 Å². The van der Waals surface area contributed by atoms with Crippen LogP contribution in [0.15, 0.2) is 16.7 Å². The summed E-state index contributed by atoms with van der Waals surface area (Å²) in [5, 5.41) is 8.53. The van der Waals surface area contributed by atoms with Gasteiger partial charge in [0, 0.05) is 12.7 Å². The number of aromatic carboxylic acids is 1. The Kier molecular flexibility index (Phi) is 4.39. The third-order valence-electron chi connectivity index (χ3n) is 1.24. The van der Waals surface area contributed by atoms with Gasteiger partial charge in [0.25, 0.3) is 0 Å². The van der Waals surface area contributed by atoms with Crippen molar-refractivity contribution in [3.8, 4) is 0 Å². The predicted octanol–water partition coefficient (Wildman–Crippen LogP) is 1.55. The van der Waals surface area contributed by atoms with Crippen LogP contribution in [0.4, 0.5) is 0 Å². The maximum Gasteiger partial charge on any atom is 0.372 e. The molecular weight excluding hydrogens is 184 g/mol. The second-order valence-corrected chi connectivity index (χ2v) is 2.01. The van der Waals surface area contributed by atoms with Gasteiger partial charge >= 0.3 is 5.97 Å². The zero-order valence-electron chi connectivity index (χ0n) is 6.44. The van der Waals surface area contributed by atoms with E-state index in [9.17, 15) is 4.79 Å². The Balaban J connectivity index is 0.00000121. The first kappa shape index (κ1) is 11.0. The van der Waals surface area contributed by atoms with E-state index < -0.39 is 5.97 Å². The van der Waals surface area contributed by atoms with E-state index in [0.717, 1.165) is 0 Å². The van der Waals surface area contributed by atoms with Crippen molar-refractivity contribution in [1.82, 2.24) is 0 Å². The van der Waals surface area contributed by atoms with Crippen molar-refractivity contribution in [2.45, 2.75) is 6.61 Å². The van der Waals surface area contributed by atoms with E-state index in [4.69, 9.17) is 14.3 Å². The molecule has 0 spiro atoms. The molecule has 68 valence electrons. The minimum absolute atomic E-state index is 0. The highest BCUT2D eigenvalue weighted by Gasteiger charge is 2.12. The normalized spacial score (nSPS) is 9.08. The summed E-state index contributed by atoms with van der Waals surface area (Å²) in [4.78, 5) is 10.4. The highest BCUT2D eigenvalue weighted by Crippen LogP contribution is 2.10. The van der Waals surface area contributed by atoms with Crippen LogP contribution in [0, 0.1) is 0 Å². The molecule has 0 atom stereocenters. The van der Waals surface area contributed by atoms with Gasteiger partial charge in [-0.15, -0.1) is 12.4 Å². The Morgan fingerprint density at radius 1 is 1.75 bits per heavy atom. The van der Waals surface area contributed by atoms with Gasteiger partial charge in [0.1, 0.15) is 0 Å². The van der Waals surface area contributed by atoms with Gasteiger partial charge in [0.15, 0.2) is 0 Å². The SMILES string of the molecule is COCc1ccoc1C(=O)O.Cl. The van der Waals surface area contributed by atoms with Crippen LogP contribution in [0.2, 0.25) is 0 Å². The molecule has 0 unspecified atom stereocenters. The van der Waals surface area contributed by atoms with Gasteiger partial charge in [-0.3, -0.25) is 0 Å². The molecule has 0 saturated heterocycles. The second-order valence-electron chi connectivity index (χ2n) is 2.01. The first-order valence-corrected chi connectivity index (χ1v) is 3.04. The Labute approximate surface area is 75.5 Å². The molecule has 0 aliphatic rings. The number of ether oxygens (including phenoxy) is 1. The van der Waals surface area contributed by atoms with Crippen LogP contribution in [0.1, 0.15) is 16.1 Å². The fourth-order valence-electron chi connectivity index (χ4n) is 0.792. The highest BCUT2D eigenvalue weighted by atomic mass is 35.5. The molecule has 1 aromatic rings. The maximum atomic E-state index is 10.4. The molecule has 0 radical (unpaired) electrons. The van der Waals surface area contributed by atoms with Crippen LogP contribution in [0.5, 0.6) is 0 Å². The van der Waals surface area contributed by atoms with Crippen LogP contribution in [0.25, 0.3) is 0 Å². The monoisotopic (exact) mass is 192 g/mol. The van der Waals surface area contributed by atoms with E-state index in [1.165, 1.54) is 13.4 Å². The lowest BCUT2D eigenvalue weighted by Crippen LogP contribution is -1.99. The second kappa shape index (κ2) is 4.79. The van der Waals surface area contributed by atoms with Crippen molar-refractivity contribution in [3.05, 3.63) is 23.7 Å². The van der Waals surface area contributed by atoms with E-state index in [-0.39, 0.29) is 24.8 Å². The van der Waals surface area contributed by atoms with Gasteiger partial charge in [-0.25, -0.2) is 4.79 Å². The highest BCUT2D eigenvalue weighted by molar-refractivity contribution is 5.86. The zero-order valence-corrected chi connectivity index (χ0v) is 7.26. The Morgan fingerprint density at radius 3 is 2.92 bits per heavy atom. The summed E-state index contributed by atoms with van der Waals surface area (Å²) in [5.41, 5.74) is 0.556. The Hall–Kier alpha value is -1.00. The maximum absolute atomic E-state index is 10.4. The first-order valence-electron chi connectivity index (χ1n) is 3.04. The van der Waals surface area contributed by atoms with Crippen molar-refractivity contribution >= 4 is 18.4 Å². The molecule has 0 amide bonds. The standard InChI is InChI=1S/C7H8O4.ClH/c1-10-4-5-2-3-11-6(5)7(8)9;/h2-3H,4H2,1H3,(H,8,9);1H. The fraction of sp³-hybridized carbons (Fsp3) is 0.286. The average molecular weight is 193 g/mol. The van der Waals surface area contributed by atoms with Gasteiger partial charge < -0.3 is 14.3 Å². The molecule has 1 N–H and O–H groups in total. The molecule has 0 aliphatic carbocycles. The summed E-state index contributed by atoms with van der Waals surface area (Å²) in [6.45, 7) is 0.262. The number of furan rings is 1. The van der Waals surface area contributed by atoms with Crippen LogP contribution in [-0.2, 0) is 11.3 Å². The number of halogens is 1. The third kappa shape index (κ3) is 2.25. The summed E-state index contributed by atoms with van der Waals surface area (Å²) < 4.78 is 9.45. The summed E-state index contributed by atoms with van der Waals surface area (Å²) in [6, 6.07) is 1.58. The molecule has 1 heterocycles. The molecule has 0 aromatic carbocycles. The minimum atomic E-state index is -1.07. The van der Waals surface area contributed by atoms with Crippen molar-refractivity contribution in [2.24, 2.45) is 0 Å². The van der Waals surface area contributed by atoms with Gasteiger partial charge in [-0.05, 0) is 6.07 Å². The van der Waals surface area contributed by atoms with Crippen LogP contribution < -0.4 is 0 Å².